The molecule has 0 radical (unpaired) electrons. The number of nitrogens with zero attached hydrogens (tertiary/aromatic N) is 1. The second-order valence-corrected chi connectivity index (χ2v) is 5.30. The largest absolute Gasteiger partial charge is 0.466 e. The summed E-state index contributed by atoms with van der Waals surface area (Å²) in [7, 11) is 0. The van der Waals surface area contributed by atoms with E-state index in [-0.39, 0.29) is 17.9 Å². The fraction of sp³-hybridized carbons (Fsp3) is 0.429. The average molecular weight is 344 g/mol. The maximum atomic E-state index is 13.5. The molecule has 0 aromatic heterocycles. The van der Waals surface area contributed by atoms with Gasteiger partial charge in [0.15, 0.2) is 0 Å². The van der Waals surface area contributed by atoms with Crippen molar-refractivity contribution >= 4 is 27.6 Å². The highest BCUT2D eigenvalue weighted by Crippen LogP contribution is 2.23. The lowest BCUT2D eigenvalue weighted by atomic mass is 10.0. The van der Waals surface area contributed by atoms with Crippen molar-refractivity contribution in [1.29, 1.82) is 0 Å². The summed E-state index contributed by atoms with van der Waals surface area (Å²) in [6.45, 7) is 2.15. The lowest BCUT2D eigenvalue weighted by Gasteiger charge is -2.07. The Morgan fingerprint density at radius 3 is 3.10 bits per heavy atom. The third kappa shape index (κ3) is 3.79. The van der Waals surface area contributed by atoms with Crippen LogP contribution in [0.5, 0.6) is 0 Å². The first kappa shape index (κ1) is 15.0. The minimum absolute atomic E-state index is 0.152. The Morgan fingerprint density at radius 2 is 2.40 bits per heavy atom. The Balaban J connectivity index is 1.88. The molecule has 1 aromatic rings. The number of carbonyl (C=O) groups excluding carboxylic acids is 1. The molecule has 1 atom stereocenters. The fourth-order valence-corrected chi connectivity index (χ4v) is 2.19. The second kappa shape index (κ2) is 6.83. The molecule has 4 nitrogen and oxygen atoms in total. The first-order chi connectivity index (χ1) is 9.60. The number of ether oxygens (including phenoxy) is 1. The normalized spacial score (nSPS) is 17.6. The Kier molecular flexibility index (Phi) is 5.11. The van der Waals surface area contributed by atoms with Crippen molar-refractivity contribution in [3.8, 4) is 0 Å². The van der Waals surface area contributed by atoms with Crippen molar-refractivity contribution < 1.29 is 18.8 Å². The summed E-state index contributed by atoms with van der Waals surface area (Å²) in [6.07, 6.45) is 1.27. The van der Waals surface area contributed by atoms with Crippen LogP contribution in [-0.4, -0.2) is 24.4 Å². The summed E-state index contributed by atoms with van der Waals surface area (Å²) in [5.74, 6) is -0.570. The van der Waals surface area contributed by atoms with Crippen LogP contribution in [0.4, 0.5) is 4.39 Å². The van der Waals surface area contributed by atoms with Crippen molar-refractivity contribution in [2.75, 3.05) is 6.61 Å². The van der Waals surface area contributed by atoms with E-state index in [2.05, 4.69) is 21.1 Å². The van der Waals surface area contributed by atoms with Crippen LogP contribution < -0.4 is 0 Å². The van der Waals surface area contributed by atoms with Gasteiger partial charge in [-0.05, 0) is 41.4 Å². The summed E-state index contributed by atoms with van der Waals surface area (Å²) in [5, 5.41) is 3.96. The van der Waals surface area contributed by atoms with Crippen LogP contribution >= 0.6 is 15.9 Å². The van der Waals surface area contributed by atoms with Gasteiger partial charge in [0.05, 0.1) is 16.8 Å². The molecule has 0 bridgehead atoms. The highest BCUT2D eigenvalue weighted by Gasteiger charge is 2.23. The third-order valence-electron chi connectivity index (χ3n) is 2.96. The highest BCUT2D eigenvalue weighted by atomic mass is 79.9. The zero-order chi connectivity index (χ0) is 14.5. The lowest BCUT2D eigenvalue weighted by molar-refractivity contribution is -0.143. The molecule has 2 rings (SSSR count). The number of rotatable bonds is 5. The lowest BCUT2D eigenvalue weighted by Crippen LogP contribution is -2.12. The molecule has 0 saturated carbocycles. The molecule has 0 fully saturated rings. The fourth-order valence-electron chi connectivity index (χ4n) is 1.94. The van der Waals surface area contributed by atoms with Crippen molar-refractivity contribution in [1.82, 2.24) is 0 Å². The summed E-state index contributed by atoms with van der Waals surface area (Å²) in [6, 6.07) is 4.84. The standard InChI is InChI=1S/C14H15BrFNO3/c1-2-19-14(18)6-4-10-8-13(17-20-10)9-3-5-11(15)12(16)7-9/h3,5,7,10H,2,4,6,8H2,1H3. The van der Waals surface area contributed by atoms with Crippen LogP contribution in [0.2, 0.25) is 0 Å². The molecule has 1 aromatic carbocycles. The van der Waals surface area contributed by atoms with Gasteiger partial charge in [-0.1, -0.05) is 11.2 Å². The molecule has 20 heavy (non-hydrogen) atoms. The zero-order valence-electron chi connectivity index (χ0n) is 11.1. The summed E-state index contributed by atoms with van der Waals surface area (Å²) >= 11 is 3.11. The van der Waals surface area contributed by atoms with E-state index in [9.17, 15) is 9.18 Å². The smallest absolute Gasteiger partial charge is 0.305 e. The Labute approximate surface area is 125 Å². The van der Waals surface area contributed by atoms with Crippen LogP contribution in [0, 0.1) is 5.82 Å². The molecule has 0 amide bonds. The van der Waals surface area contributed by atoms with Crippen molar-refractivity contribution in [2.24, 2.45) is 5.16 Å². The van der Waals surface area contributed by atoms with Crippen molar-refractivity contribution in [3.63, 3.8) is 0 Å². The van der Waals surface area contributed by atoms with Gasteiger partial charge in [0, 0.05) is 18.4 Å². The summed E-state index contributed by atoms with van der Waals surface area (Å²) in [4.78, 5) is 16.5. The molecule has 1 aliphatic heterocycles. The third-order valence-corrected chi connectivity index (χ3v) is 3.60. The molecular formula is C14H15BrFNO3. The van der Waals surface area contributed by atoms with Gasteiger partial charge in [-0.3, -0.25) is 4.79 Å². The van der Waals surface area contributed by atoms with E-state index in [0.29, 0.717) is 41.6 Å². The summed E-state index contributed by atoms with van der Waals surface area (Å²) < 4.78 is 18.7. The number of hydrogen-bond donors (Lipinski definition) is 0. The number of oxime groups is 1. The van der Waals surface area contributed by atoms with Crippen molar-refractivity contribution in [2.45, 2.75) is 32.3 Å². The Bertz CT molecular complexity index is 533. The van der Waals surface area contributed by atoms with E-state index < -0.39 is 0 Å². The number of halogens is 2. The maximum Gasteiger partial charge on any atom is 0.305 e. The van der Waals surface area contributed by atoms with Gasteiger partial charge in [-0.15, -0.1) is 0 Å². The Hall–Kier alpha value is -1.43. The average Bonchev–Trinajstić information content (AvgIpc) is 2.89. The molecule has 1 unspecified atom stereocenters. The molecule has 6 heteroatoms. The zero-order valence-corrected chi connectivity index (χ0v) is 12.7. The molecule has 0 saturated heterocycles. The van der Waals surface area contributed by atoms with E-state index in [4.69, 9.17) is 9.57 Å². The molecule has 1 aliphatic rings. The molecule has 1 heterocycles. The first-order valence-corrected chi connectivity index (χ1v) is 7.23. The minimum Gasteiger partial charge on any atom is -0.466 e. The molecule has 108 valence electrons. The number of esters is 1. The Morgan fingerprint density at radius 1 is 1.60 bits per heavy atom. The van der Waals surface area contributed by atoms with Gasteiger partial charge in [0.1, 0.15) is 11.9 Å². The quantitative estimate of drug-likeness (QED) is 0.769. The van der Waals surface area contributed by atoms with Gasteiger partial charge >= 0.3 is 5.97 Å². The summed E-state index contributed by atoms with van der Waals surface area (Å²) in [5.41, 5.74) is 1.40. The predicted octanol–water partition coefficient (Wildman–Crippen LogP) is 3.42. The highest BCUT2D eigenvalue weighted by molar-refractivity contribution is 9.10. The van der Waals surface area contributed by atoms with Gasteiger partial charge in [0.25, 0.3) is 0 Å². The molecule has 0 aliphatic carbocycles. The molecular weight excluding hydrogens is 329 g/mol. The van der Waals surface area contributed by atoms with Crippen LogP contribution in [-0.2, 0) is 14.4 Å². The first-order valence-electron chi connectivity index (χ1n) is 6.44. The predicted molar refractivity (Wildman–Crippen MR) is 76.0 cm³/mol. The monoisotopic (exact) mass is 343 g/mol. The van der Waals surface area contributed by atoms with Gasteiger partial charge in [0.2, 0.25) is 0 Å². The number of benzene rings is 1. The van der Waals surface area contributed by atoms with Crippen LogP contribution in [0.3, 0.4) is 0 Å². The van der Waals surface area contributed by atoms with Crippen LogP contribution in [0.25, 0.3) is 0 Å². The van der Waals surface area contributed by atoms with E-state index in [1.807, 2.05) is 0 Å². The maximum absolute atomic E-state index is 13.5. The van der Waals surface area contributed by atoms with E-state index in [0.717, 1.165) is 0 Å². The minimum atomic E-state index is -0.333. The van der Waals surface area contributed by atoms with E-state index in [1.54, 1.807) is 19.1 Å². The van der Waals surface area contributed by atoms with E-state index >= 15 is 0 Å². The second-order valence-electron chi connectivity index (χ2n) is 4.44. The number of carbonyl (C=O) groups is 1. The topological polar surface area (TPSA) is 47.9 Å². The van der Waals surface area contributed by atoms with E-state index in [1.165, 1.54) is 6.07 Å². The van der Waals surface area contributed by atoms with Crippen LogP contribution in [0.15, 0.2) is 27.8 Å². The number of hydrogen-bond acceptors (Lipinski definition) is 4. The molecule has 0 N–H and O–H groups in total. The van der Waals surface area contributed by atoms with Gasteiger partial charge in [-0.2, -0.15) is 0 Å². The van der Waals surface area contributed by atoms with Gasteiger partial charge < -0.3 is 9.57 Å². The SMILES string of the molecule is CCOC(=O)CCC1CC(c2ccc(Br)c(F)c2)=NO1. The molecule has 0 spiro atoms. The van der Waals surface area contributed by atoms with Crippen molar-refractivity contribution in [3.05, 3.63) is 34.1 Å². The van der Waals surface area contributed by atoms with Gasteiger partial charge in [-0.25, -0.2) is 4.39 Å². The van der Waals surface area contributed by atoms with Crippen LogP contribution in [0.1, 0.15) is 31.7 Å².